The molecule has 0 spiro atoms. The summed E-state index contributed by atoms with van der Waals surface area (Å²) < 4.78 is 0. The number of Topliss-reactive ketones (excluding diaryl/α,β-unsaturated/α-hetero) is 1. The van der Waals surface area contributed by atoms with E-state index >= 15 is 0 Å². The molecule has 0 saturated carbocycles. The molecule has 0 amide bonds. The summed E-state index contributed by atoms with van der Waals surface area (Å²) in [5, 5.41) is 1.47. The summed E-state index contributed by atoms with van der Waals surface area (Å²) in [6.07, 6.45) is 0. The number of hydroxylamine groups is 1. The monoisotopic (exact) mass is 219 g/mol. The van der Waals surface area contributed by atoms with Crippen LogP contribution in [-0.4, -0.2) is 18.3 Å². The maximum atomic E-state index is 11.4. The van der Waals surface area contributed by atoms with Gasteiger partial charge in [-0.15, -0.1) is 0 Å². The van der Waals surface area contributed by atoms with Crippen LogP contribution in [0.4, 0.5) is 5.69 Å². The van der Waals surface area contributed by atoms with Gasteiger partial charge >= 0.3 is 5.97 Å². The molecule has 0 bridgehead atoms. The Morgan fingerprint density at radius 3 is 2.50 bits per heavy atom. The lowest BCUT2D eigenvalue weighted by atomic mass is 10.1. The minimum Gasteiger partial charge on any atom is -0.340 e. The Hall–Kier alpha value is -1.84. The highest BCUT2D eigenvalue weighted by Gasteiger charge is 2.36. The van der Waals surface area contributed by atoms with Crippen LogP contribution in [-0.2, 0) is 14.4 Å². The van der Waals surface area contributed by atoms with Crippen molar-refractivity contribution in [1.82, 2.24) is 0 Å². The fourth-order valence-corrected chi connectivity index (χ4v) is 1.61. The molecule has 0 N–H and O–H groups in total. The number of ketones is 1. The molecule has 2 rings (SSSR count). The number of carbonyl (C=O) groups excluding carboxylic acids is 2. The maximum Gasteiger partial charge on any atom is 0.344 e. The summed E-state index contributed by atoms with van der Waals surface area (Å²) in [5.41, 5.74) is 1.93. The molecule has 1 aliphatic heterocycles. The zero-order chi connectivity index (χ0) is 11.7. The van der Waals surface area contributed by atoms with Gasteiger partial charge in [0.1, 0.15) is 11.7 Å². The van der Waals surface area contributed by atoms with E-state index in [0.29, 0.717) is 6.54 Å². The quantitative estimate of drug-likeness (QED) is 0.707. The molecule has 1 fully saturated rings. The van der Waals surface area contributed by atoms with Crippen molar-refractivity contribution < 1.29 is 14.4 Å². The van der Waals surface area contributed by atoms with E-state index in [0.717, 1.165) is 11.3 Å². The zero-order valence-electron chi connectivity index (χ0n) is 9.27. The van der Waals surface area contributed by atoms with E-state index in [1.54, 1.807) is 0 Å². The van der Waals surface area contributed by atoms with Crippen molar-refractivity contribution >= 4 is 17.4 Å². The number of carbonyl (C=O) groups is 2. The first-order chi connectivity index (χ1) is 7.58. The highest BCUT2D eigenvalue weighted by molar-refractivity contribution is 6.00. The van der Waals surface area contributed by atoms with Gasteiger partial charge in [-0.25, -0.2) is 9.86 Å². The van der Waals surface area contributed by atoms with Crippen LogP contribution in [0, 0.1) is 12.8 Å². The average Bonchev–Trinajstić information content (AvgIpc) is 2.61. The van der Waals surface area contributed by atoms with Crippen LogP contribution in [0.3, 0.4) is 0 Å². The fourth-order valence-electron chi connectivity index (χ4n) is 1.61. The number of hydrogen-bond acceptors (Lipinski definition) is 4. The van der Waals surface area contributed by atoms with E-state index in [1.165, 1.54) is 12.0 Å². The Labute approximate surface area is 93.8 Å². The molecule has 1 unspecified atom stereocenters. The van der Waals surface area contributed by atoms with E-state index < -0.39 is 11.9 Å². The Kier molecular flexibility index (Phi) is 2.64. The van der Waals surface area contributed by atoms with Crippen molar-refractivity contribution in [2.24, 2.45) is 5.92 Å². The first kappa shape index (κ1) is 10.7. The van der Waals surface area contributed by atoms with Gasteiger partial charge in [0.15, 0.2) is 0 Å². The number of benzene rings is 1. The smallest absolute Gasteiger partial charge is 0.340 e. The molecule has 0 aliphatic carbocycles. The second-order valence-corrected chi connectivity index (χ2v) is 3.97. The second kappa shape index (κ2) is 3.96. The average molecular weight is 219 g/mol. The fraction of sp³-hybridized carbons (Fsp3) is 0.333. The van der Waals surface area contributed by atoms with E-state index in [9.17, 15) is 9.59 Å². The van der Waals surface area contributed by atoms with Crippen LogP contribution in [0.25, 0.3) is 0 Å². The molecular weight excluding hydrogens is 206 g/mol. The Morgan fingerprint density at radius 1 is 1.38 bits per heavy atom. The van der Waals surface area contributed by atoms with Gasteiger partial charge in [0.25, 0.3) is 0 Å². The van der Waals surface area contributed by atoms with Crippen molar-refractivity contribution in [3.05, 3.63) is 29.8 Å². The number of anilines is 1. The van der Waals surface area contributed by atoms with Gasteiger partial charge in [0.05, 0.1) is 12.2 Å². The topological polar surface area (TPSA) is 46.6 Å². The number of aryl methyl sites for hydroxylation is 1. The Bertz CT molecular complexity index is 424. The van der Waals surface area contributed by atoms with Crippen LogP contribution in [0.5, 0.6) is 0 Å². The molecule has 1 atom stereocenters. The predicted molar refractivity (Wildman–Crippen MR) is 58.8 cm³/mol. The van der Waals surface area contributed by atoms with Gasteiger partial charge in [-0.2, -0.15) is 0 Å². The first-order valence-electron chi connectivity index (χ1n) is 5.14. The van der Waals surface area contributed by atoms with Crippen LogP contribution in [0.2, 0.25) is 0 Å². The molecule has 0 aromatic heterocycles. The van der Waals surface area contributed by atoms with Gasteiger partial charge in [-0.1, -0.05) is 17.7 Å². The molecule has 1 heterocycles. The Morgan fingerprint density at radius 2 is 2.00 bits per heavy atom. The van der Waals surface area contributed by atoms with Crippen LogP contribution >= 0.6 is 0 Å². The molecular formula is C12H13NO3. The Balaban J connectivity index is 2.16. The SMILES string of the molecule is CC(=O)C1CN(c2ccc(C)cc2)OC1=O. The number of rotatable bonds is 2. The highest BCUT2D eigenvalue weighted by Crippen LogP contribution is 2.23. The van der Waals surface area contributed by atoms with E-state index in [-0.39, 0.29) is 5.78 Å². The van der Waals surface area contributed by atoms with Gasteiger partial charge in [-0.05, 0) is 26.0 Å². The van der Waals surface area contributed by atoms with Crippen molar-refractivity contribution in [1.29, 1.82) is 0 Å². The van der Waals surface area contributed by atoms with E-state index in [4.69, 9.17) is 4.84 Å². The lowest BCUT2D eigenvalue weighted by Gasteiger charge is -2.14. The summed E-state index contributed by atoms with van der Waals surface area (Å²) in [7, 11) is 0. The third-order valence-electron chi connectivity index (χ3n) is 2.65. The summed E-state index contributed by atoms with van der Waals surface area (Å²) in [4.78, 5) is 27.6. The second-order valence-electron chi connectivity index (χ2n) is 3.97. The highest BCUT2D eigenvalue weighted by atomic mass is 16.7. The molecule has 4 heteroatoms. The molecule has 16 heavy (non-hydrogen) atoms. The largest absolute Gasteiger partial charge is 0.344 e. The minimum absolute atomic E-state index is 0.153. The third kappa shape index (κ3) is 1.91. The van der Waals surface area contributed by atoms with Crippen molar-refractivity contribution in [3.8, 4) is 0 Å². The molecule has 4 nitrogen and oxygen atoms in total. The summed E-state index contributed by atoms with van der Waals surface area (Å²) in [5.74, 6) is -1.27. The van der Waals surface area contributed by atoms with Crippen LogP contribution < -0.4 is 5.06 Å². The predicted octanol–water partition coefficient (Wildman–Crippen LogP) is 1.48. The van der Waals surface area contributed by atoms with Crippen LogP contribution in [0.1, 0.15) is 12.5 Å². The molecule has 1 saturated heterocycles. The first-order valence-corrected chi connectivity index (χ1v) is 5.14. The van der Waals surface area contributed by atoms with Gasteiger partial charge in [0.2, 0.25) is 0 Å². The van der Waals surface area contributed by atoms with Gasteiger partial charge in [-0.3, -0.25) is 4.79 Å². The summed E-state index contributed by atoms with van der Waals surface area (Å²) in [6, 6.07) is 7.60. The van der Waals surface area contributed by atoms with Crippen molar-refractivity contribution in [2.75, 3.05) is 11.6 Å². The van der Waals surface area contributed by atoms with E-state index in [2.05, 4.69) is 0 Å². The van der Waals surface area contributed by atoms with E-state index in [1.807, 2.05) is 31.2 Å². The number of nitrogens with zero attached hydrogens (tertiary/aromatic N) is 1. The molecule has 1 aromatic carbocycles. The standard InChI is InChI=1S/C12H13NO3/c1-8-3-5-10(6-4-8)13-7-11(9(2)14)12(15)16-13/h3-6,11H,7H2,1-2H3. The molecule has 1 aromatic rings. The van der Waals surface area contributed by atoms with Crippen LogP contribution in [0.15, 0.2) is 24.3 Å². The number of hydrogen-bond donors (Lipinski definition) is 0. The lowest BCUT2D eigenvalue weighted by molar-refractivity contribution is -0.144. The maximum absolute atomic E-state index is 11.4. The summed E-state index contributed by atoms with van der Waals surface area (Å²) in [6.45, 7) is 3.69. The zero-order valence-corrected chi connectivity index (χ0v) is 9.27. The normalized spacial score (nSPS) is 19.8. The van der Waals surface area contributed by atoms with Crippen molar-refractivity contribution in [3.63, 3.8) is 0 Å². The lowest BCUT2D eigenvalue weighted by Crippen LogP contribution is -2.21. The molecule has 1 aliphatic rings. The molecule has 0 radical (unpaired) electrons. The van der Waals surface area contributed by atoms with Crippen molar-refractivity contribution in [2.45, 2.75) is 13.8 Å². The minimum atomic E-state index is -0.652. The third-order valence-corrected chi connectivity index (χ3v) is 2.65. The molecule has 84 valence electrons. The van der Waals surface area contributed by atoms with Gasteiger partial charge < -0.3 is 4.84 Å². The van der Waals surface area contributed by atoms with Gasteiger partial charge in [0, 0.05) is 0 Å². The summed E-state index contributed by atoms with van der Waals surface area (Å²) >= 11 is 0.